The summed E-state index contributed by atoms with van der Waals surface area (Å²) in [5.74, 6) is 2.15. The van der Waals surface area contributed by atoms with Gasteiger partial charge in [0.15, 0.2) is 0 Å². The molecule has 0 aromatic carbocycles. The monoisotopic (exact) mass is 252 g/mol. The van der Waals surface area contributed by atoms with E-state index in [1.807, 2.05) is 13.0 Å². The lowest BCUT2D eigenvalue weighted by atomic mass is 10.4. The van der Waals surface area contributed by atoms with Crippen molar-refractivity contribution in [2.45, 2.75) is 30.7 Å². The summed E-state index contributed by atoms with van der Waals surface area (Å²) < 4.78 is 0. The zero-order chi connectivity index (χ0) is 12.3. The number of primary amides is 1. The minimum absolute atomic E-state index is 0.257. The summed E-state index contributed by atoms with van der Waals surface area (Å²) >= 11 is 1.36. The predicted molar refractivity (Wildman–Crippen MR) is 68.1 cm³/mol. The SMILES string of the molecule is CCNc1cc(SCC(N)=O)nc(C2CC2)n1. The Balaban J connectivity index is 2.14. The maximum Gasteiger partial charge on any atom is 0.227 e. The number of carbonyl (C=O) groups is 1. The number of amides is 1. The first kappa shape index (κ1) is 12.2. The van der Waals surface area contributed by atoms with Gasteiger partial charge in [-0.3, -0.25) is 4.79 Å². The summed E-state index contributed by atoms with van der Waals surface area (Å²) in [4.78, 5) is 19.7. The van der Waals surface area contributed by atoms with Crippen LogP contribution in [0.5, 0.6) is 0 Å². The van der Waals surface area contributed by atoms with E-state index in [2.05, 4.69) is 15.3 Å². The van der Waals surface area contributed by atoms with Crippen molar-refractivity contribution < 1.29 is 4.79 Å². The average molecular weight is 252 g/mol. The molecule has 2 rings (SSSR count). The van der Waals surface area contributed by atoms with E-state index < -0.39 is 0 Å². The zero-order valence-corrected chi connectivity index (χ0v) is 10.6. The number of nitrogens with two attached hydrogens (primary N) is 1. The van der Waals surface area contributed by atoms with E-state index in [1.54, 1.807) is 0 Å². The molecule has 1 saturated carbocycles. The van der Waals surface area contributed by atoms with Gasteiger partial charge in [-0.2, -0.15) is 0 Å². The third-order valence-electron chi connectivity index (χ3n) is 2.38. The molecule has 0 saturated heterocycles. The lowest BCUT2D eigenvalue weighted by Crippen LogP contribution is -2.13. The first-order valence-electron chi connectivity index (χ1n) is 5.73. The Morgan fingerprint density at radius 1 is 1.59 bits per heavy atom. The molecule has 1 aliphatic rings. The van der Waals surface area contributed by atoms with Crippen LogP contribution in [-0.2, 0) is 4.79 Å². The van der Waals surface area contributed by atoms with Gasteiger partial charge in [-0.15, -0.1) is 0 Å². The van der Waals surface area contributed by atoms with E-state index >= 15 is 0 Å². The van der Waals surface area contributed by atoms with E-state index in [9.17, 15) is 4.79 Å². The highest BCUT2D eigenvalue weighted by Crippen LogP contribution is 2.39. The van der Waals surface area contributed by atoms with Gasteiger partial charge in [0.25, 0.3) is 0 Å². The van der Waals surface area contributed by atoms with Gasteiger partial charge in [-0.1, -0.05) is 11.8 Å². The normalized spacial score (nSPS) is 14.6. The largest absolute Gasteiger partial charge is 0.370 e. The Morgan fingerprint density at radius 3 is 2.94 bits per heavy atom. The van der Waals surface area contributed by atoms with Gasteiger partial charge >= 0.3 is 0 Å². The molecule has 5 nitrogen and oxygen atoms in total. The Labute approximate surface area is 105 Å². The molecule has 0 bridgehead atoms. The molecule has 3 N–H and O–H groups in total. The quantitative estimate of drug-likeness (QED) is 0.590. The van der Waals surface area contributed by atoms with Crippen LogP contribution in [0.25, 0.3) is 0 Å². The number of aromatic nitrogens is 2. The second-order valence-corrected chi connectivity index (χ2v) is 5.00. The third kappa shape index (κ3) is 3.59. The number of thioether (sulfide) groups is 1. The number of hydrogen-bond acceptors (Lipinski definition) is 5. The fourth-order valence-corrected chi connectivity index (χ4v) is 2.10. The fourth-order valence-electron chi connectivity index (χ4n) is 1.46. The highest BCUT2D eigenvalue weighted by atomic mass is 32.2. The Hall–Kier alpha value is -1.30. The number of carbonyl (C=O) groups excluding carboxylic acids is 1. The molecule has 1 heterocycles. The summed E-state index contributed by atoms with van der Waals surface area (Å²) in [5.41, 5.74) is 5.13. The standard InChI is InChI=1S/C11H16N4OS/c1-2-13-9-5-10(17-6-8(12)16)15-11(14-9)7-3-4-7/h5,7H,2-4,6H2,1H3,(H2,12,16)(H,13,14,15). The minimum Gasteiger partial charge on any atom is -0.370 e. The van der Waals surface area contributed by atoms with Gasteiger partial charge < -0.3 is 11.1 Å². The second kappa shape index (κ2) is 5.35. The van der Waals surface area contributed by atoms with Crippen LogP contribution in [0.2, 0.25) is 0 Å². The van der Waals surface area contributed by atoms with Gasteiger partial charge in [0.05, 0.1) is 5.75 Å². The van der Waals surface area contributed by atoms with E-state index in [0.717, 1.165) is 36.1 Å². The van der Waals surface area contributed by atoms with E-state index in [-0.39, 0.29) is 11.7 Å². The van der Waals surface area contributed by atoms with Gasteiger partial charge in [0.2, 0.25) is 5.91 Å². The van der Waals surface area contributed by atoms with Crippen LogP contribution in [0.15, 0.2) is 11.1 Å². The first-order chi connectivity index (χ1) is 8.19. The van der Waals surface area contributed by atoms with Crippen LogP contribution in [0.4, 0.5) is 5.82 Å². The van der Waals surface area contributed by atoms with Crippen LogP contribution < -0.4 is 11.1 Å². The van der Waals surface area contributed by atoms with Crippen molar-refractivity contribution in [3.8, 4) is 0 Å². The van der Waals surface area contributed by atoms with Crippen molar-refractivity contribution >= 4 is 23.5 Å². The summed E-state index contributed by atoms with van der Waals surface area (Å²) in [5, 5.41) is 3.99. The molecular formula is C11H16N4OS. The highest BCUT2D eigenvalue weighted by molar-refractivity contribution is 7.99. The molecular weight excluding hydrogens is 236 g/mol. The predicted octanol–water partition coefficient (Wildman–Crippen LogP) is 1.36. The maximum absolute atomic E-state index is 10.8. The zero-order valence-electron chi connectivity index (χ0n) is 9.77. The molecule has 17 heavy (non-hydrogen) atoms. The molecule has 1 amide bonds. The van der Waals surface area contributed by atoms with Crippen LogP contribution in [-0.4, -0.2) is 28.2 Å². The number of hydrogen-bond donors (Lipinski definition) is 2. The minimum atomic E-state index is -0.327. The molecule has 92 valence electrons. The van der Waals surface area contributed by atoms with Crippen molar-refractivity contribution in [2.75, 3.05) is 17.6 Å². The Morgan fingerprint density at radius 2 is 2.35 bits per heavy atom. The molecule has 1 aromatic heterocycles. The maximum atomic E-state index is 10.8. The first-order valence-corrected chi connectivity index (χ1v) is 6.71. The average Bonchev–Trinajstić information content (AvgIpc) is 3.10. The van der Waals surface area contributed by atoms with E-state index in [0.29, 0.717) is 5.92 Å². The fraction of sp³-hybridized carbons (Fsp3) is 0.545. The van der Waals surface area contributed by atoms with Gasteiger partial charge in [0, 0.05) is 18.5 Å². The number of nitrogens with one attached hydrogen (secondary N) is 1. The molecule has 6 heteroatoms. The molecule has 1 fully saturated rings. The topological polar surface area (TPSA) is 80.9 Å². The van der Waals surface area contributed by atoms with E-state index in [1.165, 1.54) is 11.8 Å². The Kier molecular flexibility index (Phi) is 3.83. The second-order valence-electron chi connectivity index (χ2n) is 4.01. The van der Waals surface area contributed by atoms with Crippen molar-refractivity contribution in [2.24, 2.45) is 5.73 Å². The lowest BCUT2D eigenvalue weighted by molar-refractivity contribution is -0.115. The van der Waals surface area contributed by atoms with Crippen molar-refractivity contribution in [3.05, 3.63) is 11.9 Å². The van der Waals surface area contributed by atoms with Crippen LogP contribution in [0.1, 0.15) is 31.5 Å². The van der Waals surface area contributed by atoms with Crippen LogP contribution in [0.3, 0.4) is 0 Å². The van der Waals surface area contributed by atoms with Gasteiger partial charge in [-0.05, 0) is 19.8 Å². The molecule has 1 aromatic rings. The van der Waals surface area contributed by atoms with Crippen LogP contribution >= 0.6 is 11.8 Å². The summed E-state index contributed by atoms with van der Waals surface area (Å²) in [6.07, 6.45) is 2.32. The molecule has 0 unspecified atom stereocenters. The van der Waals surface area contributed by atoms with Crippen molar-refractivity contribution in [3.63, 3.8) is 0 Å². The number of rotatable bonds is 6. The molecule has 0 spiro atoms. The molecule has 0 radical (unpaired) electrons. The number of nitrogens with zero attached hydrogens (tertiary/aromatic N) is 2. The highest BCUT2D eigenvalue weighted by Gasteiger charge is 2.27. The Bertz CT molecular complexity index is 420. The van der Waals surface area contributed by atoms with Gasteiger partial charge in [-0.25, -0.2) is 9.97 Å². The lowest BCUT2D eigenvalue weighted by Gasteiger charge is -2.07. The summed E-state index contributed by atoms with van der Waals surface area (Å²) in [6, 6.07) is 1.86. The molecule has 1 aliphatic carbocycles. The van der Waals surface area contributed by atoms with Crippen molar-refractivity contribution in [1.29, 1.82) is 0 Å². The van der Waals surface area contributed by atoms with Crippen molar-refractivity contribution in [1.82, 2.24) is 9.97 Å². The third-order valence-corrected chi connectivity index (χ3v) is 3.32. The van der Waals surface area contributed by atoms with Crippen LogP contribution in [0, 0.1) is 0 Å². The smallest absolute Gasteiger partial charge is 0.227 e. The molecule has 0 atom stereocenters. The van der Waals surface area contributed by atoms with E-state index in [4.69, 9.17) is 5.73 Å². The number of anilines is 1. The molecule has 0 aliphatic heterocycles. The summed E-state index contributed by atoms with van der Waals surface area (Å²) in [7, 11) is 0. The summed E-state index contributed by atoms with van der Waals surface area (Å²) in [6.45, 7) is 2.84. The van der Waals surface area contributed by atoms with Gasteiger partial charge in [0.1, 0.15) is 16.7 Å².